The standard InChI is InChI=1S/C12H21O/c1-3-4-5-6-7-8-9-10-12(2)11-13/h8-10H,3-7,11H2,1-2H3/b9-8+,12-10+. The Hall–Kier alpha value is -0.560. The minimum atomic E-state index is -0.0832. The molecule has 0 aliphatic carbocycles. The van der Waals surface area contributed by atoms with Crippen LogP contribution in [-0.4, -0.2) is 6.61 Å². The Morgan fingerprint density at radius 1 is 1.23 bits per heavy atom. The SMILES string of the molecule is CCCCCC/C=C/C=C(\C)C[O]. The van der Waals surface area contributed by atoms with Crippen molar-refractivity contribution in [2.75, 3.05) is 6.61 Å². The van der Waals surface area contributed by atoms with Crippen LogP contribution in [0, 0.1) is 0 Å². The van der Waals surface area contributed by atoms with Crippen LogP contribution in [-0.2, 0) is 5.11 Å². The molecule has 75 valence electrons. The molecule has 0 aliphatic rings. The highest BCUT2D eigenvalue weighted by Crippen LogP contribution is 2.03. The number of hydrogen-bond acceptors (Lipinski definition) is 0. The zero-order valence-corrected chi connectivity index (χ0v) is 8.88. The first kappa shape index (κ1) is 12.4. The molecule has 0 heterocycles. The number of hydrogen-bond donors (Lipinski definition) is 0. The lowest BCUT2D eigenvalue weighted by Gasteiger charge is -1.93. The summed E-state index contributed by atoms with van der Waals surface area (Å²) in [7, 11) is 0. The molecule has 0 aromatic rings. The molecule has 0 aromatic carbocycles. The van der Waals surface area contributed by atoms with Gasteiger partial charge in [-0.2, -0.15) is 0 Å². The van der Waals surface area contributed by atoms with Crippen LogP contribution in [0.3, 0.4) is 0 Å². The Balaban J connectivity index is 3.31. The molecule has 0 fully saturated rings. The highest BCUT2D eigenvalue weighted by atomic mass is 16.3. The first-order valence-electron chi connectivity index (χ1n) is 5.21. The molecule has 1 heteroatoms. The van der Waals surface area contributed by atoms with Crippen LogP contribution in [0.4, 0.5) is 0 Å². The van der Waals surface area contributed by atoms with Gasteiger partial charge in [0.2, 0.25) is 0 Å². The van der Waals surface area contributed by atoms with Crippen molar-refractivity contribution < 1.29 is 5.11 Å². The van der Waals surface area contributed by atoms with E-state index < -0.39 is 0 Å². The van der Waals surface area contributed by atoms with Crippen molar-refractivity contribution >= 4 is 0 Å². The Labute approximate surface area is 82.2 Å². The summed E-state index contributed by atoms with van der Waals surface area (Å²) in [6, 6.07) is 0. The zero-order valence-electron chi connectivity index (χ0n) is 8.88. The smallest absolute Gasteiger partial charge is 0.103 e. The molecule has 0 spiro atoms. The number of allylic oxidation sites excluding steroid dienone is 3. The molecule has 0 saturated carbocycles. The molecule has 0 rings (SSSR count). The maximum Gasteiger partial charge on any atom is 0.103 e. The molecular weight excluding hydrogens is 160 g/mol. The van der Waals surface area contributed by atoms with Crippen molar-refractivity contribution in [2.45, 2.75) is 46.0 Å². The topological polar surface area (TPSA) is 19.9 Å². The Bertz CT molecular complexity index is 157. The van der Waals surface area contributed by atoms with Gasteiger partial charge < -0.3 is 0 Å². The molecule has 0 amide bonds. The van der Waals surface area contributed by atoms with Crippen LogP contribution < -0.4 is 0 Å². The minimum absolute atomic E-state index is 0.0832. The zero-order chi connectivity index (χ0) is 9.94. The molecule has 0 aliphatic heterocycles. The lowest BCUT2D eigenvalue weighted by atomic mass is 10.1. The van der Waals surface area contributed by atoms with Crippen molar-refractivity contribution in [1.82, 2.24) is 0 Å². The van der Waals surface area contributed by atoms with Crippen molar-refractivity contribution in [3.05, 3.63) is 23.8 Å². The molecule has 1 nitrogen and oxygen atoms in total. The predicted molar refractivity (Wildman–Crippen MR) is 57.2 cm³/mol. The summed E-state index contributed by atoms with van der Waals surface area (Å²) >= 11 is 0. The van der Waals surface area contributed by atoms with Gasteiger partial charge in [-0.05, 0) is 25.3 Å². The van der Waals surface area contributed by atoms with E-state index in [9.17, 15) is 5.11 Å². The molecule has 0 unspecified atom stereocenters. The van der Waals surface area contributed by atoms with E-state index in [1.165, 1.54) is 25.7 Å². The van der Waals surface area contributed by atoms with Gasteiger partial charge in [-0.15, -0.1) is 0 Å². The maximum absolute atomic E-state index is 10.3. The quantitative estimate of drug-likeness (QED) is 0.419. The fraction of sp³-hybridized carbons (Fsp3) is 0.667. The monoisotopic (exact) mass is 181 g/mol. The van der Waals surface area contributed by atoms with E-state index in [-0.39, 0.29) is 6.61 Å². The first-order chi connectivity index (χ1) is 6.31. The van der Waals surface area contributed by atoms with E-state index in [1.54, 1.807) is 0 Å². The number of rotatable bonds is 7. The summed E-state index contributed by atoms with van der Waals surface area (Å²) < 4.78 is 0. The van der Waals surface area contributed by atoms with Gasteiger partial charge in [-0.3, -0.25) is 0 Å². The molecule has 0 atom stereocenters. The van der Waals surface area contributed by atoms with Crippen molar-refractivity contribution in [3.63, 3.8) is 0 Å². The Morgan fingerprint density at radius 3 is 2.62 bits per heavy atom. The predicted octanol–water partition coefficient (Wildman–Crippen LogP) is 3.89. The van der Waals surface area contributed by atoms with E-state index in [0.717, 1.165) is 12.0 Å². The fourth-order valence-corrected chi connectivity index (χ4v) is 1.07. The summed E-state index contributed by atoms with van der Waals surface area (Å²) in [5.74, 6) is 0. The third-order valence-corrected chi connectivity index (χ3v) is 1.97. The maximum atomic E-state index is 10.3. The molecular formula is C12H21O. The molecule has 0 aromatic heterocycles. The highest BCUT2D eigenvalue weighted by Gasteiger charge is 1.84. The van der Waals surface area contributed by atoms with E-state index in [0.29, 0.717) is 0 Å². The van der Waals surface area contributed by atoms with Crippen LogP contribution in [0.15, 0.2) is 23.8 Å². The molecule has 0 bridgehead atoms. The van der Waals surface area contributed by atoms with Crippen LogP contribution in [0.25, 0.3) is 0 Å². The third kappa shape index (κ3) is 9.35. The van der Waals surface area contributed by atoms with Crippen molar-refractivity contribution in [1.29, 1.82) is 0 Å². The molecule has 0 N–H and O–H groups in total. The van der Waals surface area contributed by atoms with Gasteiger partial charge in [0, 0.05) is 0 Å². The second-order valence-electron chi connectivity index (χ2n) is 3.43. The van der Waals surface area contributed by atoms with E-state index in [2.05, 4.69) is 13.0 Å². The number of unbranched alkanes of at least 4 members (excludes halogenated alkanes) is 4. The van der Waals surface area contributed by atoms with Gasteiger partial charge in [0.1, 0.15) is 6.61 Å². The van der Waals surface area contributed by atoms with Crippen molar-refractivity contribution in [3.8, 4) is 0 Å². The summed E-state index contributed by atoms with van der Waals surface area (Å²) in [6.07, 6.45) is 12.4. The Kier molecular flexibility index (Phi) is 9.12. The molecule has 0 saturated heterocycles. The van der Waals surface area contributed by atoms with Gasteiger partial charge in [0.05, 0.1) is 0 Å². The van der Waals surface area contributed by atoms with Gasteiger partial charge in [-0.25, -0.2) is 5.11 Å². The molecule has 1 radical (unpaired) electrons. The highest BCUT2D eigenvalue weighted by molar-refractivity contribution is 5.10. The van der Waals surface area contributed by atoms with Gasteiger partial charge in [-0.1, -0.05) is 44.4 Å². The second-order valence-corrected chi connectivity index (χ2v) is 3.43. The average molecular weight is 181 g/mol. The van der Waals surface area contributed by atoms with E-state index in [1.807, 2.05) is 19.1 Å². The van der Waals surface area contributed by atoms with Gasteiger partial charge in [0.25, 0.3) is 0 Å². The summed E-state index contributed by atoms with van der Waals surface area (Å²) in [6.45, 7) is 4.00. The van der Waals surface area contributed by atoms with E-state index >= 15 is 0 Å². The van der Waals surface area contributed by atoms with Crippen LogP contribution in [0.2, 0.25) is 0 Å². The summed E-state index contributed by atoms with van der Waals surface area (Å²) in [5.41, 5.74) is 0.907. The summed E-state index contributed by atoms with van der Waals surface area (Å²) in [5, 5.41) is 10.3. The van der Waals surface area contributed by atoms with Crippen LogP contribution in [0.5, 0.6) is 0 Å². The fourth-order valence-electron chi connectivity index (χ4n) is 1.07. The van der Waals surface area contributed by atoms with Crippen LogP contribution >= 0.6 is 0 Å². The minimum Gasteiger partial charge on any atom is -0.232 e. The van der Waals surface area contributed by atoms with Gasteiger partial charge >= 0.3 is 0 Å². The lowest BCUT2D eigenvalue weighted by molar-refractivity contribution is 0.223. The van der Waals surface area contributed by atoms with Crippen molar-refractivity contribution in [2.24, 2.45) is 0 Å². The molecule has 13 heavy (non-hydrogen) atoms. The Morgan fingerprint density at radius 2 is 2.00 bits per heavy atom. The van der Waals surface area contributed by atoms with Gasteiger partial charge in [0.15, 0.2) is 0 Å². The lowest BCUT2D eigenvalue weighted by Crippen LogP contribution is -1.79. The summed E-state index contributed by atoms with van der Waals surface area (Å²) in [4.78, 5) is 0. The first-order valence-corrected chi connectivity index (χ1v) is 5.21. The second kappa shape index (κ2) is 9.53. The largest absolute Gasteiger partial charge is 0.232 e. The van der Waals surface area contributed by atoms with Crippen LogP contribution in [0.1, 0.15) is 46.0 Å². The normalized spacial score (nSPS) is 12.7. The third-order valence-electron chi connectivity index (χ3n) is 1.97. The average Bonchev–Trinajstić information content (AvgIpc) is 2.16. The van der Waals surface area contributed by atoms with E-state index in [4.69, 9.17) is 0 Å².